The predicted octanol–water partition coefficient (Wildman–Crippen LogP) is 4.34. The minimum absolute atomic E-state index is 0.327. The Morgan fingerprint density at radius 2 is 1.83 bits per heavy atom. The van der Waals surface area contributed by atoms with Gasteiger partial charge in [0.05, 0.1) is 0 Å². The van der Waals surface area contributed by atoms with Crippen molar-refractivity contribution >= 4 is 0 Å². The molecular formula is C12H22. The van der Waals surface area contributed by atoms with Crippen LogP contribution in [0.15, 0.2) is 23.8 Å². The molecule has 0 nitrogen and oxygen atoms in total. The normalized spacial score (nSPS) is 14.2. The van der Waals surface area contributed by atoms with Crippen molar-refractivity contribution in [2.24, 2.45) is 5.41 Å². The molecule has 0 spiro atoms. The van der Waals surface area contributed by atoms with Crippen LogP contribution >= 0.6 is 0 Å². The van der Waals surface area contributed by atoms with Crippen LogP contribution in [0.5, 0.6) is 0 Å². The summed E-state index contributed by atoms with van der Waals surface area (Å²) in [4.78, 5) is 0. The van der Waals surface area contributed by atoms with Gasteiger partial charge in [-0.05, 0) is 25.2 Å². The molecule has 0 bridgehead atoms. The second-order valence-corrected chi connectivity index (χ2v) is 4.41. The molecule has 0 fully saturated rings. The van der Waals surface area contributed by atoms with Gasteiger partial charge in [0.25, 0.3) is 0 Å². The van der Waals surface area contributed by atoms with Crippen molar-refractivity contribution < 1.29 is 0 Å². The first-order valence-electron chi connectivity index (χ1n) is 4.79. The van der Waals surface area contributed by atoms with Gasteiger partial charge < -0.3 is 0 Å². The molecule has 0 aliphatic carbocycles. The fourth-order valence-electron chi connectivity index (χ4n) is 0.835. The van der Waals surface area contributed by atoms with E-state index in [4.69, 9.17) is 0 Å². The van der Waals surface area contributed by atoms with Gasteiger partial charge in [0.1, 0.15) is 0 Å². The number of hydrogen-bond acceptors (Lipinski definition) is 0. The Bertz CT molecular complexity index is 165. The third kappa shape index (κ3) is 7.59. The fourth-order valence-corrected chi connectivity index (χ4v) is 0.835. The zero-order valence-electron chi connectivity index (χ0n) is 9.15. The molecule has 0 aromatic carbocycles. The molecule has 0 saturated carbocycles. The monoisotopic (exact) mass is 166 g/mol. The van der Waals surface area contributed by atoms with E-state index >= 15 is 0 Å². The molecule has 0 amide bonds. The van der Waals surface area contributed by atoms with Crippen molar-refractivity contribution in [1.29, 1.82) is 0 Å². The van der Waals surface area contributed by atoms with Crippen LogP contribution in [0.4, 0.5) is 0 Å². The number of allylic oxidation sites excluding steroid dienone is 4. The Morgan fingerprint density at radius 3 is 2.25 bits per heavy atom. The summed E-state index contributed by atoms with van der Waals surface area (Å²) in [5.41, 5.74) is 1.81. The van der Waals surface area contributed by atoms with Crippen LogP contribution in [-0.2, 0) is 0 Å². The van der Waals surface area contributed by atoms with Crippen molar-refractivity contribution in [2.45, 2.75) is 47.5 Å². The van der Waals surface area contributed by atoms with Gasteiger partial charge in [0.15, 0.2) is 0 Å². The summed E-state index contributed by atoms with van der Waals surface area (Å²) < 4.78 is 0. The van der Waals surface area contributed by atoms with E-state index in [1.807, 2.05) is 0 Å². The average Bonchev–Trinajstić information content (AvgIpc) is 1.96. The molecule has 70 valence electrons. The summed E-state index contributed by atoms with van der Waals surface area (Å²) in [6.07, 6.45) is 9.06. The van der Waals surface area contributed by atoms with Crippen molar-refractivity contribution in [3.05, 3.63) is 23.8 Å². The number of hydrogen-bond donors (Lipinski definition) is 0. The van der Waals surface area contributed by atoms with Gasteiger partial charge in [-0.25, -0.2) is 0 Å². The molecule has 0 heteroatoms. The Balaban J connectivity index is 3.77. The quantitative estimate of drug-likeness (QED) is 0.547. The van der Waals surface area contributed by atoms with Gasteiger partial charge in [-0.15, -0.1) is 0 Å². The summed E-state index contributed by atoms with van der Waals surface area (Å²) in [5.74, 6) is 0. The van der Waals surface area contributed by atoms with E-state index < -0.39 is 0 Å². The lowest BCUT2D eigenvalue weighted by molar-refractivity contribution is 0.543. The third-order valence-electron chi connectivity index (χ3n) is 1.78. The average molecular weight is 166 g/mol. The van der Waals surface area contributed by atoms with E-state index in [0.29, 0.717) is 5.41 Å². The molecule has 0 unspecified atom stereocenters. The lowest BCUT2D eigenvalue weighted by Gasteiger charge is -2.10. The van der Waals surface area contributed by atoms with E-state index in [1.54, 1.807) is 0 Å². The first-order chi connectivity index (χ1) is 5.45. The summed E-state index contributed by atoms with van der Waals surface area (Å²) >= 11 is 0. The van der Waals surface area contributed by atoms with Crippen molar-refractivity contribution in [1.82, 2.24) is 0 Å². The minimum Gasteiger partial charge on any atom is -0.0842 e. The number of rotatable bonds is 3. The second-order valence-electron chi connectivity index (χ2n) is 4.41. The van der Waals surface area contributed by atoms with E-state index in [9.17, 15) is 0 Å². The van der Waals surface area contributed by atoms with Crippen molar-refractivity contribution in [3.8, 4) is 0 Å². The van der Waals surface area contributed by atoms with Crippen molar-refractivity contribution in [3.63, 3.8) is 0 Å². The van der Waals surface area contributed by atoms with E-state index in [-0.39, 0.29) is 0 Å². The van der Waals surface area contributed by atoms with Gasteiger partial charge in [-0.2, -0.15) is 0 Å². The maximum atomic E-state index is 2.29. The SMILES string of the molecule is CCC(C)=CCC=CC(C)(C)C. The predicted molar refractivity (Wildman–Crippen MR) is 57.3 cm³/mol. The second kappa shape index (κ2) is 5.18. The van der Waals surface area contributed by atoms with Gasteiger partial charge in [0.2, 0.25) is 0 Å². The molecule has 0 N–H and O–H groups in total. The molecule has 0 rings (SSSR count). The van der Waals surface area contributed by atoms with E-state index in [1.165, 1.54) is 12.0 Å². The molecule has 0 heterocycles. The molecule has 0 aliphatic rings. The summed E-state index contributed by atoms with van der Waals surface area (Å²) in [7, 11) is 0. The maximum absolute atomic E-state index is 2.29. The van der Waals surface area contributed by atoms with Gasteiger partial charge in [-0.3, -0.25) is 0 Å². The minimum atomic E-state index is 0.327. The lowest BCUT2D eigenvalue weighted by Crippen LogP contribution is -1.97. The highest BCUT2D eigenvalue weighted by molar-refractivity contribution is 5.03. The van der Waals surface area contributed by atoms with Crippen molar-refractivity contribution in [2.75, 3.05) is 0 Å². The molecule has 0 saturated heterocycles. The topological polar surface area (TPSA) is 0 Å². The summed E-state index contributed by atoms with van der Waals surface area (Å²) in [6.45, 7) is 11.0. The van der Waals surface area contributed by atoms with Crippen LogP contribution in [0, 0.1) is 5.41 Å². The zero-order chi connectivity index (χ0) is 9.61. The van der Waals surface area contributed by atoms with Crippen LogP contribution in [0.25, 0.3) is 0 Å². The lowest BCUT2D eigenvalue weighted by atomic mass is 9.96. The Hall–Kier alpha value is -0.520. The fraction of sp³-hybridized carbons (Fsp3) is 0.667. The van der Waals surface area contributed by atoms with E-state index in [0.717, 1.165) is 6.42 Å². The third-order valence-corrected chi connectivity index (χ3v) is 1.78. The highest BCUT2D eigenvalue weighted by atomic mass is 14.1. The van der Waals surface area contributed by atoms with Crippen LogP contribution in [-0.4, -0.2) is 0 Å². The Morgan fingerprint density at radius 1 is 1.25 bits per heavy atom. The molecule has 0 aromatic heterocycles. The summed E-state index contributed by atoms with van der Waals surface area (Å²) in [6, 6.07) is 0. The van der Waals surface area contributed by atoms with Crippen LogP contribution in [0.3, 0.4) is 0 Å². The Labute approximate surface area is 77.4 Å². The molecular weight excluding hydrogens is 144 g/mol. The molecule has 0 radical (unpaired) electrons. The first kappa shape index (κ1) is 11.5. The zero-order valence-corrected chi connectivity index (χ0v) is 9.15. The smallest absolute Gasteiger partial charge is 0.0166 e. The van der Waals surface area contributed by atoms with Gasteiger partial charge in [-0.1, -0.05) is 51.5 Å². The van der Waals surface area contributed by atoms with Gasteiger partial charge >= 0.3 is 0 Å². The largest absolute Gasteiger partial charge is 0.0842 e. The molecule has 12 heavy (non-hydrogen) atoms. The van der Waals surface area contributed by atoms with Crippen LogP contribution in [0.1, 0.15) is 47.5 Å². The Kier molecular flexibility index (Phi) is 4.96. The standard InChI is InChI=1S/C12H22/c1-6-11(2)9-7-8-10-12(3,4)5/h8-10H,6-7H2,1-5H3. The first-order valence-corrected chi connectivity index (χ1v) is 4.79. The highest BCUT2D eigenvalue weighted by Gasteiger charge is 2.01. The highest BCUT2D eigenvalue weighted by Crippen LogP contribution is 2.15. The molecule has 0 aromatic rings. The summed E-state index contributed by atoms with van der Waals surface area (Å²) in [5, 5.41) is 0. The van der Waals surface area contributed by atoms with E-state index in [2.05, 4.69) is 52.8 Å². The molecule has 0 atom stereocenters. The van der Waals surface area contributed by atoms with Crippen LogP contribution < -0.4 is 0 Å². The van der Waals surface area contributed by atoms with Crippen LogP contribution in [0.2, 0.25) is 0 Å². The maximum Gasteiger partial charge on any atom is -0.0166 e. The molecule has 0 aliphatic heterocycles. The van der Waals surface area contributed by atoms with Gasteiger partial charge in [0, 0.05) is 0 Å².